The lowest BCUT2D eigenvalue weighted by Gasteiger charge is -2.22. The molecule has 0 saturated heterocycles. The molecule has 1 saturated carbocycles. The summed E-state index contributed by atoms with van der Waals surface area (Å²) in [6.45, 7) is 2.40. The number of carboxylic acids is 1. The Morgan fingerprint density at radius 2 is 1.80 bits per heavy atom. The number of carboxylic acid groups (broad SMARTS) is 1. The summed E-state index contributed by atoms with van der Waals surface area (Å²) in [6, 6.07) is -0.0892. The molecule has 0 aromatic carbocycles. The number of carbonyl (C=O) groups is 1. The zero-order valence-electron chi connectivity index (χ0n) is 8.99. The number of sulfonamides is 1. The molecule has 0 radical (unpaired) electrons. The highest BCUT2D eigenvalue weighted by atomic mass is 32.2. The van der Waals surface area contributed by atoms with Crippen molar-refractivity contribution in [3.05, 3.63) is 0 Å². The van der Waals surface area contributed by atoms with Crippen LogP contribution in [0.25, 0.3) is 0 Å². The second-order valence-electron chi connectivity index (χ2n) is 4.42. The van der Waals surface area contributed by atoms with Gasteiger partial charge in [-0.1, -0.05) is 12.8 Å². The van der Waals surface area contributed by atoms with Gasteiger partial charge in [-0.15, -0.1) is 0 Å². The first-order valence-corrected chi connectivity index (χ1v) is 6.51. The van der Waals surface area contributed by atoms with Gasteiger partial charge in [0.1, 0.15) is 0 Å². The van der Waals surface area contributed by atoms with Crippen LogP contribution < -0.4 is 4.72 Å². The molecule has 6 heteroatoms. The van der Waals surface area contributed by atoms with Gasteiger partial charge in [-0.05, 0) is 26.7 Å². The summed E-state index contributed by atoms with van der Waals surface area (Å²) in [7, 11) is -3.79. The SMILES string of the molecule is CC(C)(C(=O)O)S(=O)(=O)NC1CCCC1. The molecule has 15 heavy (non-hydrogen) atoms. The molecule has 1 fully saturated rings. The first-order valence-electron chi connectivity index (χ1n) is 5.02. The van der Waals surface area contributed by atoms with E-state index in [4.69, 9.17) is 5.11 Å². The van der Waals surface area contributed by atoms with E-state index in [-0.39, 0.29) is 6.04 Å². The van der Waals surface area contributed by atoms with E-state index in [1.165, 1.54) is 13.8 Å². The van der Waals surface area contributed by atoms with E-state index in [0.29, 0.717) is 0 Å². The molecule has 5 nitrogen and oxygen atoms in total. The predicted molar refractivity (Wildman–Crippen MR) is 56.0 cm³/mol. The minimum absolute atomic E-state index is 0.0892. The van der Waals surface area contributed by atoms with Crippen LogP contribution in [0, 0.1) is 0 Å². The molecule has 1 aliphatic carbocycles. The molecule has 0 spiro atoms. The first kappa shape index (κ1) is 12.4. The van der Waals surface area contributed by atoms with Crippen molar-refractivity contribution < 1.29 is 18.3 Å². The molecule has 0 unspecified atom stereocenters. The monoisotopic (exact) mass is 235 g/mol. The fourth-order valence-corrected chi connectivity index (χ4v) is 2.72. The Kier molecular flexibility index (Phi) is 3.40. The van der Waals surface area contributed by atoms with Crippen molar-refractivity contribution in [1.29, 1.82) is 0 Å². The normalized spacial score (nSPS) is 19.3. The molecular formula is C9H17NO4S. The van der Waals surface area contributed by atoms with Gasteiger partial charge in [0.25, 0.3) is 0 Å². The van der Waals surface area contributed by atoms with E-state index >= 15 is 0 Å². The molecule has 2 N–H and O–H groups in total. The van der Waals surface area contributed by atoms with Crippen molar-refractivity contribution in [3.8, 4) is 0 Å². The second-order valence-corrected chi connectivity index (χ2v) is 6.68. The summed E-state index contributed by atoms with van der Waals surface area (Å²) in [5, 5.41) is 8.83. The van der Waals surface area contributed by atoms with Gasteiger partial charge in [0.05, 0.1) is 0 Å². The van der Waals surface area contributed by atoms with E-state index < -0.39 is 20.7 Å². The Hall–Kier alpha value is -0.620. The van der Waals surface area contributed by atoms with E-state index in [9.17, 15) is 13.2 Å². The fourth-order valence-electron chi connectivity index (χ4n) is 1.53. The van der Waals surface area contributed by atoms with E-state index in [1.54, 1.807) is 0 Å². The maximum absolute atomic E-state index is 11.8. The molecule has 0 amide bonds. The van der Waals surface area contributed by atoms with Gasteiger partial charge in [-0.25, -0.2) is 13.1 Å². The third-order valence-electron chi connectivity index (χ3n) is 2.86. The molecule has 1 aliphatic rings. The lowest BCUT2D eigenvalue weighted by molar-refractivity contribution is -0.139. The van der Waals surface area contributed by atoms with Crippen molar-refractivity contribution in [3.63, 3.8) is 0 Å². The molecule has 0 atom stereocenters. The van der Waals surface area contributed by atoms with Crippen LogP contribution in [-0.4, -0.2) is 30.3 Å². The lowest BCUT2D eigenvalue weighted by atomic mass is 10.2. The second kappa shape index (κ2) is 4.09. The van der Waals surface area contributed by atoms with Gasteiger partial charge in [0.2, 0.25) is 10.0 Å². The van der Waals surface area contributed by atoms with Gasteiger partial charge in [0, 0.05) is 6.04 Å². The van der Waals surface area contributed by atoms with Crippen LogP contribution in [0.15, 0.2) is 0 Å². The lowest BCUT2D eigenvalue weighted by Crippen LogP contribution is -2.50. The molecular weight excluding hydrogens is 218 g/mol. The van der Waals surface area contributed by atoms with Crippen LogP contribution >= 0.6 is 0 Å². The summed E-state index contributed by atoms with van der Waals surface area (Å²) in [6.07, 6.45) is 3.60. The summed E-state index contributed by atoms with van der Waals surface area (Å²) >= 11 is 0. The molecule has 0 aromatic rings. The summed E-state index contributed by atoms with van der Waals surface area (Å²) < 4.78 is 24.2. The zero-order valence-corrected chi connectivity index (χ0v) is 9.80. The highest BCUT2D eigenvalue weighted by Crippen LogP contribution is 2.22. The first-order chi connectivity index (χ1) is 6.77. The Morgan fingerprint density at radius 1 is 1.33 bits per heavy atom. The number of hydrogen-bond donors (Lipinski definition) is 2. The van der Waals surface area contributed by atoms with Gasteiger partial charge < -0.3 is 5.11 Å². The smallest absolute Gasteiger partial charge is 0.325 e. The van der Waals surface area contributed by atoms with E-state index in [0.717, 1.165) is 25.7 Å². The van der Waals surface area contributed by atoms with Crippen molar-refractivity contribution in [2.45, 2.75) is 50.3 Å². The summed E-state index contributed by atoms with van der Waals surface area (Å²) in [5.74, 6) is -1.33. The molecule has 0 bridgehead atoms. The average Bonchev–Trinajstić information content (AvgIpc) is 2.55. The minimum Gasteiger partial charge on any atom is -0.480 e. The van der Waals surface area contributed by atoms with Gasteiger partial charge in [0.15, 0.2) is 4.75 Å². The maximum Gasteiger partial charge on any atom is 0.325 e. The molecule has 0 aromatic heterocycles. The molecule has 0 heterocycles. The average molecular weight is 235 g/mol. The van der Waals surface area contributed by atoms with Crippen LogP contribution in [0.2, 0.25) is 0 Å². The van der Waals surface area contributed by atoms with Crippen molar-refractivity contribution in [2.24, 2.45) is 0 Å². The Morgan fingerprint density at radius 3 is 2.20 bits per heavy atom. The third-order valence-corrected chi connectivity index (χ3v) is 5.03. The summed E-state index contributed by atoms with van der Waals surface area (Å²) in [5.41, 5.74) is 0. The van der Waals surface area contributed by atoms with E-state index in [2.05, 4.69) is 4.72 Å². The van der Waals surface area contributed by atoms with Crippen LogP contribution in [0.5, 0.6) is 0 Å². The molecule has 0 aliphatic heterocycles. The van der Waals surface area contributed by atoms with Crippen molar-refractivity contribution in [2.75, 3.05) is 0 Å². The molecule has 88 valence electrons. The Bertz CT molecular complexity index is 341. The van der Waals surface area contributed by atoms with Crippen molar-refractivity contribution >= 4 is 16.0 Å². The highest BCUT2D eigenvalue weighted by molar-refractivity contribution is 7.91. The fraction of sp³-hybridized carbons (Fsp3) is 0.889. The Balaban J connectivity index is 2.78. The van der Waals surface area contributed by atoms with E-state index in [1.807, 2.05) is 0 Å². The predicted octanol–water partition coefficient (Wildman–Crippen LogP) is 0.712. The summed E-state index contributed by atoms with van der Waals surface area (Å²) in [4.78, 5) is 10.8. The van der Waals surface area contributed by atoms with Crippen LogP contribution in [-0.2, 0) is 14.8 Å². The highest BCUT2D eigenvalue weighted by Gasteiger charge is 2.43. The van der Waals surface area contributed by atoms with Crippen LogP contribution in [0.4, 0.5) is 0 Å². The standard InChI is InChI=1S/C9H17NO4S/c1-9(2,8(11)12)15(13,14)10-7-5-3-4-6-7/h7,10H,3-6H2,1-2H3,(H,11,12). The van der Waals surface area contributed by atoms with Gasteiger partial charge in [-0.2, -0.15) is 0 Å². The van der Waals surface area contributed by atoms with Crippen molar-refractivity contribution in [1.82, 2.24) is 4.72 Å². The van der Waals surface area contributed by atoms with Crippen LogP contribution in [0.1, 0.15) is 39.5 Å². The van der Waals surface area contributed by atoms with Gasteiger partial charge >= 0.3 is 5.97 Å². The van der Waals surface area contributed by atoms with Crippen LogP contribution in [0.3, 0.4) is 0 Å². The zero-order chi connectivity index (χ0) is 11.7. The topological polar surface area (TPSA) is 83.5 Å². The quantitative estimate of drug-likeness (QED) is 0.751. The van der Waals surface area contributed by atoms with Gasteiger partial charge in [-0.3, -0.25) is 4.79 Å². The number of rotatable bonds is 4. The largest absolute Gasteiger partial charge is 0.480 e. The number of aliphatic carboxylic acids is 1. The Labute approximate surface area is 89.9 Å². The third kappa shape index (κ3) is 2.49. The maximum atomic E-state index is 11.8. The minimum atomic E-state index is -3.79. The number of hydrogen-bond acceptors (Lipinski definition) is 3. The number of nitrogens with one attached hydrogen (secondary N) is 1. The molecule has 1 rings (SSSR count).